The Bertz CT molecular complexity index is 1210. The van der Waals surface area contributed by atoms with Gasteiger partial charge in [-0.25, -0.2) is 4.79 Å². The molecule has 8 nitrogen and oxygen atoms in total. The number of hydrogen-bond donors (Lipinski definition) is 0. The monoisotopic (exact) mass is 495 g/mol. The summed E-state index contributed by atoms with van der Waals surface area (Å²) in [6.45, 7) is 0.862. The lowest BCUT2D eigenvalue weighted by atomic mass is 10.2. The Balaban J connectivity index is 1.43. The summed E-state index contributed by atoms with van der Waals surface area (Å²) in [7, 11) is 3.09. The minimum atomic E-state index is -0.633. The van der Waals surface area contributed by atoms with Gasteiger partial charge in [0.1, 0.15) is 13.2 Å². The molecular formula is C26H25NO7S. The maximum absolute atomic E-state index is 13.1. The van der Waals surface area contributed by atoms with Gasteiger partial charge in [0, 0.05) is 22.7 Å². The van der Waals surface area contributed by atoms with Crippen molar-refractivity contribution >= 4 is 35.0 Å². The predicted molar refractivity (Wildman–Crippen MR) is 132 cm³/mol. The first-order valence-corrected chi connectivity index (χ1v) is 11.7. The first-order chi connectivity index (χ1) is 17.1. The summed E-state index contributed by atoms with van der Waals surface area (Å²) in [5.74, 6) is 1.35. The molecule has 1 aliphatic heterocycles. The van der Waals surface area contributed by atoms with Crippen molar-refractivity contribution in [1.82, 2.24) is 0 Å². The van der Waals surface area contributed by atoms with Gasteiger partial charge in [-0.2, -0.15) is 0 Å². The van der Waals surface area contributed by atoms with E-state index in [-0.39, 0.29) is 5.91 Å². The lowest BCUT2D eigenvalue weighted by molar-refractivity contribution is -0.142. The van der Waals surface area contributed by atoms with Gasteiger partial charge in [-0.05, 0) is 47.4 Å². The molecule has 0 bridgehead atoms. The molecule has 0 aliphatic carbocycles. The first kappa shape index (κ1) is 24.2. The van der Waals surface area contributed by atoms with Gasteiger partial charge in [-0.1, -0.05) is 12.1 Å². The minimum Gasteiger partial charge on any atom is -0.493 e. The fourth-order valence-electron chi connectivity index (χ4n) is 3.46. The van der Waals surface area contributed by atoms with Gasteiger partial charge in [0.2, 0.25) is 0 Å². The third-order valence-corrected chi connectivity index (χ3v) is 6.05. The molecule has 182 valence electrons. The zero-order chi connectivity index (χ0) is 24.6. The summed E-state index contributed by atoms with van der Waals surface area (Å²) < 4.78 is 27.0. The summed E-state index contributed by atoms with van der Waals surface area (Å²) in [5, 5.41) is 1.95. The van der Waals surface area contributed by atoms with Crippen LogP contribution in [0.1, 0.15) is 10.4 Å². The Hall–Kier alpha value is -3.98. The largest absolute Gasteiger partial charge is 0.493 e. The van der Waals surface area contributed by atoms with Crippen LogP contribution in [0, 0.1) is 0 Å². The number of hydrogen-bond acceptors (Lipinski definition) is 8. The molecule has 0 atom stereocenters. The maximum Gasteiger partial charge on any atom is 0.331 e. The maximum atomic E-state index is 13.1. The van der Waals surface area contributed by atoms with E-state index < -0.39 is 12.6 Å². The summed E-state index contributed by atoms with van der Waals surface area (Å²) in [5.41, 5.74) is 1.35. The van der Waals surface area contributed by atoms with Crippen LogP contribution in [0.3, 0.4) is 0 Å². The molecule has 1 aliphatic rings. The second kappa shape index (κ2) is 11.4. The summed E-state index contributed by atoms with van der Waals surface area (Å²) in [4.78, 5) is 28.0. The number of thiophene rings is 1. The highest BCUT2D eigenvalue weighted by atomic mass is 32.1. The van der Waals surface area contributed by atoms with Crippen molar-refractivity contribution in [3.05, 3.63) is 70.4 Å². The fourth-order valence-corrected chi connectivity index (χ4v) is 4.15. The van der Waals surface area contributed by atoms with Crippen LogP contribution in [0.15, 0.2) is 60.0 Å². The van der Waals surface area contributed by atoms with Gasteiger partial charge in [-0.3, -0.25) is 4.79 Å². The smallest absolute Gasteiger partial charge is 0.331 e. The van der Waals surface area contributed by atoms with E-state index in [4.69, 9.17) is 23.7 Å². The zero-order valence-electron chi connectivity index (χ0n) is 19.4. The Morgan fingerprint density at radius 2 is 1.80 bits per heavy atom. The number of carbonyl (C=O) groups excluding carboxylic acids is 2. The minimum absolute atomic E-state index is 0.342. The van der Waals surface area contributed by atoms with Crippen molar-refractivity contribution in [2.45, 2.75) is 6.54 Å². The Labute approximate surface area is 207 Å². The number of rotatable bonds is 9. The molecule has 0 unspecified atom stereocenters. The fraction of sp³-hybridized carbons (Fsp3) is 0.231. The number of methoxy groups -OCH3 is 2. The molecule has 3 aromatic rings. The van der Waals surface area contributed by atoms with E-state index in [0.29, 0.717) is 48.4 Å². The lowest BCUT2D eigenvalue weighted by Crippen LogP contribution is -2.34. The third kappa shape index (κ3) is 6.13. The molecule has 2 heterocycles. The summed E-state index contributed by atoms with van der Waals surface area (Å²) in [6.07, 6.45) is 2.85. The van der Waals surface area contributed by atoms with E-state index in [1.165, 1.54) is 24.5 Å². The van der Waals surface area contributed by atoms with Gasteiger partial charge in [-0.15, -0.1) is 11.3 Å². The Morgan fingerprint density at radius 3 is 2.54 bits per heavy atom. The molecule has 0 N–H and O–H groups in total. The second-order valence-corrected chi connectivity index (χ2v) is 8.47. The van der Waals surface area contributed by atoms with Crippen molar-refractivity contribution in [2.75, 3.05) is 38.9 Å². The van der Waals surface area contributed by atoms with Crippen LogP contribution in [-0.2, 0) is 20.9 Å². The highest BCUT2D eigenvalue weighted by Crippen LogP contribution is 2.35. The molecule has 1 amide bonds. The van der Waals surface area contributed by atoms with E-state index >= 15 is 0 Å². The number of carbonyl (C=O) groups is 2. The van der Waals surface area contributed by atoms with E-state index in [1.807, 2.05) is 17.5 Å². The molecule has 0 fully saturated rings. The van der Waals surface area contributed by atoms with Crippen LogP contribution in [0.25, 0.3) is 6.08 Å². The number of ether oxygens (including phenoxy) is 5. The van der Waals surface area contributed by atoms with Crippen molar-refractivity contribution in [1.29, 1.82) is 0 Å². The standard InChI is InChI=1S/C26H25NO7S/c1-30-21-8-5-18(14-23(21)31-2)6-10-26(29)34-17-25(28)27(16-20-4-3-13-35-20)19-7-9-22-24(15-19)33-12-11-32-22/h3-10,13-15H,11-12,16-17H2,1-2H3/b10-6+. The van der Waals surface area contributed by atoms with Crippen LogP contribution < -0.4 is 23.8 Å². The van der Waals surface area contributed by atoms with Crippen LogP contribution >= 0.6 is 11.3 Å². The topological polar surface area (TPSA) is 83.5 Å². The van der Waals surface area contributed by atoms with E-state index in [1.54, 1.807) is 54.5 Å². The Morgan fingerprint density at radius 1 is 1.00 bits per heavy atom. The highest BCUT2D eigenvalue weighted by Gasteiger charge is 2.21. The number of fused-ring (bicyclic) bond motifs is 1. The van der Waals surface area contributed by atoms with Crippen LogP contribution in [-0.4, -0.2) is 45.9 Å². The van der Waals surface area contributed by atoms with Crippen molar-refractivity contribution in [2.24, 2.45) is 0 Å². The van der Waals surface area contributed by atoms with Crippen LogP contribution in [0.5, 0.6) is 23.0 Å². The van der Waals surface area contributed by atoms with E-state index in [9.17, 15) is 9.59 Å². The molecule has 0 saturated carbocycles. The number of anilines is 1. The zero-order valence-corrected chi connectivity index (χ0v) is 20.2. The van der Waals surface area contributed by atoms with Gasteiger partial charge >= 0.3 is 5.97 Å². The lowest BCUT2D eigenvalue weighted by Gasteiger charge is -2.25. The van der Waals surface area contributed by atoms with Gasteiger partial charge in [0.15, 0.2) is 29.6 Å². The molecular weight excluding hydrogens is 470 g/mol. The number of nitrogens with zero attached hydrogens (tertiary/aromatic N) is 1. The molecule has 0 radical (unpaired) electrons. The van der Waals surface area contributed by atoms with Gasteiger partial charge in [0.25, 0.3) is 5.91 Å². The Kier molecular flexibility index (Phi) is 7.89. The normalized spacial score (nSPS) is 12.3. The molecule has 0 spiro atoms. The van der Waals surface area contributed by atoms with Crippen molar-refractivity contribution in [3.8, 4) is 23.0 Å². The van der Waals surface area contributed by atoms with E-state index in [0.717, 1.165) is 10.4 Å². The second-order valence-electron chi connectivity index (χ2n) is 7.44. The summed E-state index contributed by atoms with van der Waals surface area (Å²) in [6, 6.07) is 14.4. The highest BCUT2D eigenvalue weighted by molar-refractivity contribution is 7.09. The number of amides is 1. The van der Waals surface area contributed by atoms with E-state index in [2.05, 4.69) is 0 Å². The van der Waals surface area contributed by atoms with Crippen molar-refractivity contribution in [3.63, 3.8) is 0 Å². The predicted octanol–water partition coefficient (Wildman–Crippen LogP) is 4.33. The van der Waals surface area contributed by atoms with Crippen molar-refractivity contribution < 1.29 is 33.3 Å². The quantitative estimate of drug-likeness (QED) is 0.323. The van der Waals surface area contributed by atoms with Gasteiger partial charge < -0.3 is 28.6 Å². The van der Waals surface area contributed by atoms with Crippen LogP contribution in [0.4, 0.5) is 5.69 Å². The SMILES string of the molecule is COc1ccc(/C=C/C(=O)OCC(=O)N(Cc2cccs2)c2ccc3c(c2)OCCO3)cc1OC. The molecule has 1 aromatic heterocycles. The molecule has 9 heteroatoms. The molecule has 4 rings (SSSR count). The molecule has 0 saturated heterocycles. The molecule has 35 heavy (non-hydrogen) atoms. The van der Waals surface area contributed by atoms with Crippen LogP contribution in [0.2, 0.25) is 0 Å². The van der Waals surface area contributed by atoms with Gasteiger partial charge in [0.05, 0.1) is 20.8 Å². The average molecular weight is 496 g/mol. The average Bonchev–Trinajstić information content (AvgIpc) is 3.42. The number of esters is 1. The first-order valence-electron chi connectivity index (χ1n) is 10.9. The molecule has 2 aromatic carbocycles. The summed E-state index contributed by atoms with van der Waals surface area (Å²) >= 11 is 1.54. The third-order valence-electron chi connectivity index (χ3n) is 5.19. The number of benzene rings is 2.